The number of benzene rings is 2. The molecule has 0 aliphatic carbocycles. The summed E-state index contributed by atoms with van der Waals surface area (Å²) in [4.78, 5) is 14.0. The zero-order chi connectivity index (χ0) is 15.0. The van der Waals surface area contributed by atoms with Crippen molar-refractivity contribution in [1.29, 1.82) is 0 Å². The van der Waals surface area contributed by atoms with E-state index in [1.165, 1.54) is 10.8 Å². The molecule has 0 radical (unpaired) electrons. The van der Waals surface area contributed by atoms with Crippen LogP contribution in [0.25, 0.3) is 21.2 Å². The Balaban J connectivity index is 2.01. The van der Waals surface area contributed by atoms with Crippen molar-refractivity contribution in [3.63, 3.8) is 0 Å². The number of carbonyl (C=O) groups is 1. The second-order valence-corrected chi connectivity index (χ2v) is 7.39. The molecule has 0 saturated carbocycles. The van der Waals surface area contributed by atoms with Gasteiger partial charge >= 0.3 is 0 Å². The van der Waals surface area contributed by atoms with Crippen molar-refractivity contribution in [2.75, 3.05) is 0 Å². The molecule has 0 aliphatic heterocycles. The highest BCUT2D eigenvalue weighted by atomic mass is 79.9. The van der Waals surface area contributed by atoms with Crippen molar-refractivity contribution in [2.24, 2.45) is 5.92 Å². The van der Waals surface area contributed by atoms with Crippen LogP contribution in [0, 0.1) is 5.92 Å². The van der Waals surface area contributed by atoms with E-state index in [2.05, 4.69) is 46.3 Å². The lowest BCUT2D eigenvalue weighted by Gasteiger charge is -2.03. The lowest BCUT2D eigenvalue weighted by Crippen LogP contribution is -2.04. The van der Waals surface area contributed by atoms with Gasteiger partial charge in [0.2, 0.25) is 0 Å². The van der Waals surface area contributed by atoms with Gasteiger partial charge in [-0.15, -0.1) is 11.3 Å². The van der Waals surface area contributed by atoms with Crippen molar-refractivity contribution < 1.29 is 4.79 Å². The summed E-state index contributed by atoms with van der Waals surface area (Å²) < 4.78 is 1.09. The lowest BCUT2D eigenvalue weighted by atomic mass is 10.1. The maximum absolute atomic E-state index is 12.0. The van der Waals surface area contributed by atoms with Crippen LogP contribution in [0.3, 0.4) is 0 Å². The summed E-state index contributed by atoms with van der Waals surface area (Å²) in [6.45, 7) is 3.88. The van der Waals surface area contributed by atoms with Gasteiger partial charge in [0.25, 0.3) is 0 Å². The molecule has 0 fully saturated rings. The Hall–Kier alpha value is -1.45. The van der Waals surface area contributed by atoms with Crippen molar-refractivity contribution in [3.05, 3.63) is 57.9 Å². The van der Waals surface area contributed by atoms with E-state index in [9.17, 15) is 4.79 Å². The van der Waals surface area contributed by atoms with E-state index in [1.807, 2.05) is 32.0 Å². The van der Waals surface area contributed by atoms with Gasteiger partial charge in [0, 0.05) is 15.3 Å². The number of hydrogen-bond acceptors (Lipinski definition) is 2. The van der Waals surface area contributed by atoms with Gasteiger partial charge in [0.05, 0.1) is 4.88 Å². The fourth-order valence-corrected chi connectivity index (χ4v) is 3.75. The van der Waals surface area contributed by atoms with Crippen LogP contribution in [0.4, 0.5) is 0 Å². The highest BCUT2D eigenvalue weighted by Crippen LogP contribution is 2.32. The van der Waals surface area contributed by atoms with Gasteiger partial charge in [-0.1, -0.05) is 48.0 Å². The molecule has 2 aromatic carbocycles. The second kappa shape index (κ2) is 5.74. The number of hydrogen-bond donors (Lipinski definition) is 0. The summed E-state index contributed by atoms with van der Waals surface area (Å²) in [5.41, 5.74) is 1.16. The number of fused-ring (bicyclic) bond motifs is 1. The van der Waals surface area contributed by atoms with Crippen LogP contribution in [0.2, 0.25) is 0 Å². The first-order chi connectivity index (χ1) is 10.0. The monoisotopic (exact) mass is 358 g/mol. The van der Waals surface area contributed by atoms with Crippen LogP contribution >= 0.6 is 27.3 Å². The third-order valence-electron chi connectivity index (χ3n) is 3.46. The Morgan fingerprint density at radius 1 is 1.00 bits per heavy atom. The Bertz CT molecular complexity index is 817. The van der Waals surface area contributed by atoms with Gasteiger partial charge in [-0.3, -0.25) is 4.79 Å². The molecule has 0 N–H and O–H groups in total. The molecule has 0 bridgehead atoms. The molecule has 3 rings (SSSR count). The Morgan fingerprint density at radius 3 is 2.48 bits per heavy atom. The SMILES string of the molecule is CC(C)C(=O)c1ccc(-c2ccc3cc(Br)ccc3c2)s1. The summed E-state index contributed by atoms with van der Waals surface area (Å²) in [6.07, 6.45) is 0. The van der Waals surface area contributed by atoms with E-state index in [-0.39, 0.29) is 11.7 Å². The van der Waals surface area contributed by atoms with Crippen LogP contribution < -0.4 is 0 Å². The molecule has 0 unspecified atom stereocenters. The quantitative estimate of drug-likeness (QED) is 0.511. The van der Waals surface area contributed by atoms with E-state index < -0.39 is 0 Å². The van der Waals surface area contributed by atoms with Crippen LogP contribution in [-0.4, -0.2) is 5.78 Å². The number of carbonyl (C=O) groups excluding carboxylic acids is 1. The average molecular weight is 359 g/mol. The van der Waals surface area contributed by atoms with Gasteiger partial charge in [0.1, 0.15) is 0 Å². The molecule has 3 aromatic rings. The average Bonchev–Trinajstić information content (AvgIpc) is 2.95. The molecule has 1 nitrogen and oxygen atoms in total. The van der Waals surface area contributed by atoms with Crippen molar-refractivity contribution in [2.45, 2.75) is 13.8 Å². The van der Waals surface area contributed by atoms with Crippen molar-refractivity contribution >= 4 is 43.8 Å². The minimum atomic E-state index is 0.0467. The molecule has 1 aromatic heterocycles. The normalized spacial score (nSPS) is 11.2. The van der Waals surface area contributed by atoms with Crippen LogP contribution in [0.5, 0.6) is 0 Å². The van der Waals surface area contributed by atoms with E-state index in [0.717, 1.165) is 19.8 Å². The molecule has 0 amide bonds. The van der Waals surface area contributed by atoms with Gasteiger partial charge in [0.15, 0.2) is 5.78 Å². The number of ketones is 1. The van der Waals surface area contributed by atoms with E-state index in [1.54, 1.807) is 11.3 Å². The minimum absolute atomic E-state index is 0.0467. The molecule has 21 heavy (non-hydrogen) atoms. The summed E-state index contributed by atoms with van der Waals surface area (Å²) >= 11 is 5.07. The zero-order valence-corrected chi connectivity index (χ0v) is 14.3. The first kappa shape index (κ1) is 14.5. The summed E-state index contributed by atoms with van der Waals surface area (Å²) in [6, 6.07) is 16.7. The summed E-state index contributed by atoms with van der Waals surface area (Å²) in [5.74, 6) is 0.265. The van der Waals surface area contributed by atoms with Crippen molar-refractivity contribution in [3.8, 4) is 10.4 Å². The summed E-state index contributed by atoms with van der Waals surface area (Å²) in [5, 5.41) is 2.42. The van der Waals surface area contributed by atoms with E-state index in [4.69, 9.17) is 0 Å². The van der Waals surface area contributed by atoms with Gasteiger partial charge in [-0.2, -0.15) is 0 Å². The molecule has 0 atom stereocenters. The molecular weight excluding hydrogens is 344 g/mol. The minimum Gasteiger partial charge on any atom is -0.293 e. The smallest absolute Gasteiger partial charge is 0.175 e. The Kier molecular flexibility index (Phi) is 3.96. The largest absolute Gasteiger partial charge is 0.293 e. The van der Waals surface area contributed by atoms with Crippen molar-refractivity contribution in [1.82, 2.24) is 0 Å². The van der Waals surface area contributed by atoms with E-state index in [0.29, 0.717) is 0 Å². The first-order valence-electron chi connectivity index (χ1n) is 6.88. The zero-order valence-electron chi connectivity index (χ0n) is 11.9. The fraction of sp³-hybridized carbons (Fsp3) is 0.167. The highest BCUT2D eigenvalue weighted by Gasteiger charge is 2.13. The number of Topliss-reactive ketones (excluding diaryl/α,β-unsaturated/α-hetero) is 1. The standard InChI is InChI=1S/C18H15BrOS/c1-11(2)18(20)17-8-7-16(21-17)14-4-3-13-10-15(19)6-5-12(13)9-14/h3-11H,1-2H3. The van der Waals surface area contributed by atoms with Gasteiger partial charge in [-0.25, -0.2) is 0 Å². The molecule has 0 spiro atoms. The Labute approximate surface area is 136 Å². The van der Waals surface area contributed by atoms with Crippen LogP contribution in [-0.2, 0) is 0 Å². The van der Waals surface area contributed by atoms with Crippen LogP contribution in [0.15, 0.2) is 53.0 Å². The van der Waals surface area contributed by atoms with Gasteiger partial charge < -0.3 is 0 Å². The first-order valence-corrected chi connectivity index (χ1v) is 8.49. The predicted octanol–water partition coefficient (Wildman–Crippen LogP) is 6.17. The predicted molar refractivity (Wildman–Crippen MR) is 94.1 cm³/mol. The highest BCUT2D eigenvalue weighted by molar-refractivity contribution is 9.10. The number of thiophene rings is 1. The fourth-order valence-electron chi connectivity index (χ4n) is 2.28. The van der Waals surface area contributed by atoms with Gasteiger partial charge in [-0.05, 0) is 46.7 Å². The van der Waals surface area contributed by atoms with Crippen LogP contribution in [0.1, 0.15) is 23.5 Å². The number of halogens is 1. The Morgan fingerprint density at radius 2 is 1.71 bits per heavy atom. The summed E-state index contributed by atoms with van der Waals surface area (Å²) in [7, 11) is 0. The molecule has 0 aliphatic rings. The molecule has 3 heteroatoms. The maximum Gasteiger partial charge on any atom is 0.175 e. The second-order valence-electron chi connectivity index (χ2n) is 5.39. The lowest BCUT2D eigenvalue weighted by molar-refractivity contribution is 0.0943. The third-order valence-corrected chi connectivity index (χ3v) is 5.10. The topological polar surface area (TPSA) is 17.1 Å². The molecule has 106 valence electrons. The third kappa shape index (κ3) is 2.94. The van der Waals surface area contributed by atoms with E-state index >= 15 is 0 Å². The maximum atomic E-state index is 12.0. The molecule has 1 heterocycles. The number of rotatable bonds is 3. The molecular formula is C18H15BrOS. The molecule has 0 saturated heterocycles.